The molecule has 1 atom stereocenters. The van der Waals surface area contributed by atoms with Crippen LogP contribution in [0.4, 0.5) is 4.39 Å². The van der Waals surface area contributed by atoms with Gasteiger partial charge in [-0.05, 0) is 43.0 Å². The molecule has 0 radical (unpaired) electrons. The van der Waals surface area contributed by atoms with Gasteiger partial charge < -0.3 is 9.84 Å². The van der Waals surface area contributed by atoms with Gasteiger partial charge in [-0.1, -0.05) is 24.2 Å². The molecule has 112 valence electrons. The highest BCUT2D eigenvalue weighted by molar-refractivity contribution is 5.19. The zero-order valence-electron chi connectivity index (χ0n) is 12.2. The van der Waals surface area contributed by atoms with Gasteiger partial charge in [-0.2, -0.15) is 4.98 Å². The molecule has 0 amide bonds. The van der Waals surface area contributed by atoms with Crippen molar-refractivity contribution in [1.29, 1.82) is 0 Å². The van der Waals surface area contributed by atoms with Gasteiger partial charge >= 0.3 is 0 Å². The first-order chi connectivity index (χ1) is 10.2. The number of nitrogens with one attached hydrogen (secondary N) is 1. The first-order valence-corrected chi connectivity index (χ1v) is 7.54. The number of aromatic nitrogens is 2. The third kappa shape index (κ3) is 3.88. The summed E-state index contributed by atoms with van der Waals surface area (Å²) in [5.74, 6) is 1.78. The molecule has 1 fully saturated rings. The predicted molar refractivity (Wildman–Crippen MR) is 77.4 cm³/mol. The van der Waals surface area contributed by atoms with Crippen molar-refractivity contribution < 1.29 is 8.91 Å². The minimum atomic E-state index is -0.239. The maximum absolute atomic E-state index is 13.2. The maximum atomic E-state index is 13.2. The summed E-state index contributed by atoms with van der Waals surface area (Å²) in [7, 11) is 0. The van der Waals surface area contributed by atoms with Crippen LogP contribution >= 0.6 is 0 Å². The minimum absolute atomic E-state index is 0.239. The van der Waals surface area contributed by atoms with Gasteiger partial charge in [0, 0.05) is 18.9 Å². The van der Waals surface area contributed by atoms with Crippen LogP contribution in [0.2, 0.25) is 0 Å². The molecule has 1 aromatic carbocycles. The van der Waals surface area contributed by atoms with Crippen molar-refractivity contribution in [2.24, 2.45) is 5.92 Å². The van der Waals surface area contributed by atoms with Gasteiger partial charge in [0.25, 0.3) is 0 Å². The number of halogens is 1. The fourth-order valence-corrected chi connectivity index (χ4v) is 2.63. The number of benzene rings is 1. The summed E-state index contributed by atoms with van der Waals surface area (Å²) in [6.07, 6.45) is 3.83. The summed E-state index contributed by atoms with van der Waals surface area (Å²) in [6.45, 7) is 3.06. The molecule has 0 bridgehead atoms. The summed E-state index contributed by atoms with van der Waals surface area (Å²) in [6, 6.07) is 6.92. The molecule has 1 heterocycles. The van der Waals surface area contributed by atoms with Gasteiger partial charge in [0.15, 0.2) is 5.82 Å². The Bertz CT molecular complexity index is 595. The van der Waals surface area contributed by atoms with E-state index < -0.39 is 0 Å². The van der Waals surface area contributed by atoms with E-state index in [1.165, 1.54) is 25.0 Å². The second-order valence-electron chi connectivity index (χ2n) is 5.62. The standard InChI is InChI=1S/C16H20FN3O/c1-2-18-14(12-6-7-12)10-16-19-15(20-21-16)9-11-4-3-5-13(17)8-11/h3-5,8,12,14,18H,2,6-7,9-10H2,1H3. The van der Waals surface area contributed by atoms with Crippen LogP contribution in [0.1, 0.15) is 37.0 Å². The molecular formula is C16H20FN3O. The summed E-state index contributed by atoms with van der Waals surface area (Å²) in [5, 5.41) is 7.48. The number of likely N-dealkylation sites (N-methyl/N-ethyl adjacent to an activating group) is 1. The Morgan fingerprint density at radius 1 is 1.43 bits per heavy atom. The third-order valence-corrected chi connectivity index (χ3v) is 3.81. The highest BCUT2D eigenvalue weighted by Gasteiger charge is 2.31. The van der Waals surface area contributed by atoms with E-state index in [-0.39, 0.29) is 5.82 Å². The molecular weight excluding hydrogens is 269 g/mol. The van der Waals surface area contributed by atoms with Crippen molar-refractivity contribution in [3.63, 3.8) is 0 Å². The lowest BCUT2D eigenvalue weighted by atomic mass is 10.1. The molecule has 0 aliphatic heterocycles. The molecule has 21 heavy (non-hydrogen) atoms. The van der Waals surface area contributed by atoms with Crippen LogP contribution < -0.4 is 5.32 Å². The van der Waals surface area contributed by atoms with Crippen molar-refractivity contribution in [2.75, 3.05) is 6.54 Å². The van der Waals surface area contributed by atoms with Crippen LogP contribution in [-0.4, -0.2) is 22.7 Å². The monoisotopic (exact) mass is 289 g/mol. The van der Waals surface area contributed by atoms with E-state index in [4.69, 9.17) is 4.52 Å². The molecule has 1 N–H and O–H groups in total. The molecule has 2 aromatic rings. The molecule has 1 saturated carbocycles. The van der Waals surface area contributed by atoms with E-state index in [9.17, 15) is 4.39 Å². The molecule has 5 heteroatoms. The Morgan fingerprint density at radius 2 is 2.29 bits per heavy atom. The Labute approximate surface area is 123 Å². The zero-order valence-corrected chi connectivity index (χ0v) is 12.2. The summed E-state index contributed by atoms with van der Waals surface area (Å²) >= 11 is 0. The van der Waals surface area contributed by atoms with Crippen LogP contribution in [0.15, 0.2) is 28.8 Å². The lowest BCUT2D eigenvalue weighted by molar-refractivity contribution is 0.345. The summed E-state index contributed by atoms with van der Waals surface area (Å²) < 4.78 is 18.5. The number of rotatable bonds is 7. The second-order valence-corrected chi connectivity index (χ2v) is 5.62. The smallest absolute Gasteiger partial charge is 0.228 e. The van der Waals surface area contributed by atoms with Crippen LogP contribution in [-0.2, 0) is 12.8 Å². The van der Waals surface area contributed by atoms with E-state index in [0.29, 0.717) is 24.2 Å². The van der Waals surface area contributed by atoms with Crippen molar-refractivity contribution in [1.82, 2.24) is 15.5 Å². The van der Waals surface area contributed by atoms with Crippen molar-refractivity contribution in [2.45, 2.75) is 38.6 Å². The highest BCUT2D eigenvalue weighted by atomic mass is 19.1. The molecule has 1 aromatic heterocycles. The van der Waals surface area contributed by atoms with Gasteiger partial charge in [-0.3, -0.25) is 0 Å². The minimum Gasteiger partial charge on any atom is -0.339 e. The Kier molecular flexibility index (Phi) is 4.29. The molecule has 1 aliphatic carbocycles. The van der Waals surface area contributed by atoms with E-state index in [2.05, 4.69) is 22.4 Å². The van der Waals surface area contributed by atoms with Crippen molar-refractivity contribution >= 4 is 0 Å². The van der Waals surface area contributed by atoms with Gasteiger partial charge in [0.2, 0.25) is 5.89 Å². The van der Waals surface area contributed by atoms with E-state index in [1.807, 2.05) is 6.07 Å². The second kappa shape index (κ2) is 6.35. The number of nitrogens with zero attached hydrogens (tertiary/aromatic N) is 2. The SMILES string of the molecule is CCNC(Cc1nc(Cc2cccc(F)c2)no1)C1CC1. The highest BCUT2D eigenvalue weighted by Crippen LogP contribution is 2.33. The average molecular weight is 289 g/mol. The Morgan fingerprint density at radius 3 is 3.00 bits per heavy atom. The first kappa shape index (κ1) is 14.2. The van der Waals surface area contributed by atoms with Crippen molar-refractivity contribution in [3.8, 4) is 0 Å². The Balaban J connectivity index is 1.62. The predicted octanol–water partition coefficient (Wildman–Crippen LogP) is 2.73. The largest absolute Gasteiger partial charge is 0.339 e. The maximum Gasteiger partial charge on any atom is 0.228 e. The van der Waals surface area contributed by atoms with E-state index in [0.717, 1.165) is 24.4 Å². The lowest BCUT2D eigenvalue weighted by Gasteiger charge is -2.14. The third-order valence-electron chi connectivity index (χ3n) is 3.81. The quantitative estimate of drug-likeness (QED) is 0.851. The summed E-state index contributed by atoms with van der Waals surface area (Å²) in [4.78, 5) is 4.43. The lowest BCUT2D eigenvalue weighted by Crippen LogP contribution is -2.33. The fraction of sp³-hybridized carbons (Fsp3) is 0.500. The van der Waals surface area contributed by atoms with Gasteiger partial charge in [-0.25, -0.2) is 4.39 Å². The van der Waals surface area contributed by atoms with Gasteiger partial charge in [0.05, 0.1) is 0 Å². The zero-order chi connectivity index (χ0) is 14.7. The van der Waals surface area contributed by atoms with Crippen molar-refractivity contribution in [3.05, 3.63) is 47.4 Å². The summed E-state index contributed by atoms with van der Waals surface area (Å²) in [5.41, 5.74) is 0.854. The molecule has 1 aliphatic rings. The molecule has 3 rings (SSSR count). The molecule has 0 spiro atoms. The van der Waals surface area contributed by atoms with Gasteiger partial charge in [0.1, 0.15) is 5.82 Å². The normalized spacial score (nSPS) is 16.1. The molecule has 4 nitrogen and oxygen atoms in total. The number of hydrogen-bond acceptors (Lipinski definition) is 4. The fourth-order valence-electron chi connectivity index (χ4n) is 2.63. The molecule has 1 unspecified atom stereocenters. The Hall–Kier alpha value is -1.75. The average Bonchev–Trinajstić information content (AvgIpc) is 3.21. The number of hydrogen-bond donors (Lipinski definition) is 1. The van der Waals surface area contributed by atoms with E-state index in [1.54, 1.807) is 6.07 Å². The topological polar surface area (TPSA) is 51.0 Å². The van der Waals surface area contributed by atoms with E-state index >= 15 is 0 Å². The molecule has 0 saturated heterocycles. The van der Waals surface area contributed by atoms with Crippen LogP contribution in [0, 0.1) is 11.7 Å². The van der Waals surface area contributed by atoms with Gasteiger partial charge in [-0.15, -0.1) is 0 Å². The van der Waals surface area contributed by atoms with Crippen LogP contribution in [0.5, 0.6) is 0 Å². The van der Waals surface area contributed by atoms with Crippen LogP contribution in [0.25, 0.3) is 0 Å². The first-order valence-electron chi connectivity index (χ1n) is 7.54. The van der Waals surface area contributed by atoms with Crippen LogP contribution in [0.3, 0.4) is 0 Å².